The summed E-state index contributed by atoms with van der Waals surface area (Å²) in [7, 11) is 0. The van der Waals surface area contributed by atoms with E-state index in [9.17, 15) is 0 Å². The van der Waals surface area contributed by atoms with Gasteiger partial charge in [-0.1, -0.05) is 164 Å². The zero-order chi connectivity index (χ0) is 48.0. The third-order valence-electron chi connectivity index (χ3n) is 13.3. The Labute approximate surface area is 420 Å². The minimum Gasteiger partial charge on any atom is -0.509 e. The predicted molar refractivity (Wildman–Crippen MR) is 283 cm³/mol. The van der Waals surface area contributed by atoms with Crippen LogP contribution in [0, 0.1) is 18.8 Å². The number of hydrogen-bond acceptors (Lipinski definition) is 4. The van der Waals surface area contributed by atoms with E-state index in [0.717, 1.165) is 55.9 Å². The van der Waals surface area contributed by atoms with E-state index in [1.54, 1.807) is 0 Å². The molecule has 0 N–H and O–H groups in total. The molecule has 6 aromatic carbocycles. The van der Waals surface area contributed by atoms with E-state index in [2.05, 4.69) is 252 Å². The summed E-state index contributed by atoms with van der Waals surface area (Å²) in [5.74, 6) is 2.10. The minimum absolute atomic E-state index is 0. The van der Waals surface area contributed by atoms with Crippen LogP contribution >= 0.6 is 0 Å². The largest absolute Gasteiger partial charge is 0.509 e. The van der Waals surface area contributed by atoms with Crippen molar-refractivity contribution < 1.29 is 25.8 Å². The first-order valence-electron chi connectivity index (χ1n) is 23.9. The molecule has 1 aliphatic heterocycles. The number of para-hydroxylation sites is 1. The van der Waals surface area contributed by atoms with Gasteiger partial charge in [0.05, 0.1) is 0 Å². The van der Waals surface area contributed by atoms with Gasteiger partial charge in [0, 0.05) is 61.3 Å². The molecule has 0 saturated carbocycles. The molecule has 5 nitrogen and oxygen atoms in total. The molecular formula is C62H67N4OPt-3. The second-order valence-corrected chi connectivity index (χ2v) is 23.7. The van der Waals surface area contributed by atoms with Crippen molar-refractivity contribution in [3.05, 3.63) is 174 Å². The Morgan fingerprint density at radius 1 is 0.471 bits per heavy atom. The Morgan fingerprint density at radius 3 is 1.75 bits per heavy atom. The van der Waals surface area contributed by atoms with Crippen molar-refractivity contribution in [1.82, 2.24) is 9.55 Å². The average molecular weight is 1080 g/mol. The van der Waals surface area contributed by atoms with Gasteiger partial charge in [-0.2, -0.15) is 6.07 Å². The van der Waals surface area contributed by atoms with Gasteiger partial charge in [-0.05, 0) is 108 Å². The maximum absolute atomic E-state index is 6.91. The van der Waals surface area contributed by atoms with Crippen molar-refractivity contribution >= 4 is 44.6 Å². The van der Waals surface area contributed by atoms with E-state index in [1.807, 2.05) is 12.3 Å². The maximum atomic E-state index is 6.91. The van der Waals surface area contributed by atoms with Gasteiger partial charge in [-0.15, -0.1) is 53.6 Å². The number of hydrogen-bond donors (Lipinski definition) is 0. The van der Waals surface area contributed by atoms with Crippen molar-refractivity contribution in [3.63, 3.8) is 0 Å². The predicted octanol–water partition coefficient (Wildman–Crippen LogP) is 17.1. The van der Waals surface area contributed by atoms with Gasteiger partial charge < -0.3 is 19.1 Å². The Bertz CT molecular complexity index is 3160. The summed E-state index contributed by atoms with van der Waals surface area (Å²) in [5, 5.41) is 2.24. The van der Waals surface area contributed by atoms with Crippen molar-refractivity contribution in [1.29, 1.82) is 0 Å². The number of anilines is 4. The summed E-state index contributed by atoms with van der Waals surface area (Å²) in [6.45, 7) is 36.3. The number of rotatable bonds is 6. The molecular weight excluding hydrogens is 1010 g/mol. The molecule has 0 bridgehead atoms. The first-order valence-corrected chi connectivity index (χ1v) is 23.9. The van der Waals surface area contributed by atoms with E-state index in [4.69, 9.17) is 9.72 Å². The Hall–Kier alpha value is -5.64. The number of nitrogens with zero attached hydrogens (tertiary/aromatic N) is 4. The quantitative estimate of drug-likeness (QED) is 0.155. The standard InChI is InChI=1S/C62H67N4O.Pt/c1-58(2,3)42-22-20-40(21-23-42)41-30-45(61(10,11)12)32-47(31-41)64-39-65(56-35-43(59(4,5)6)24-27-54(56)64)48-33-46(62(13,14)15)34-50(37-48)67-49-25-26-52-51-18-16-17-19-53(51)66(55(52)38-49)57-36-44(28-29-63-57)60(7,8)9;/h16-36,39H,1-15H3;/q-3;. The van der Waals surface area contributed by atoms with Crippen molar-refractivity contribution in [2.24, 2.45) is 0 Å². The van der Waals surface area contributed by atoms with Gasteiger partial charge in [0.1, 0.15) is 5.82 Å². The molecule has 0 spiro atoms. The Balaban J connectivity index is 0.00000625. The van der Waals surface area contributed by atoms with Crippen LogP contribution in [0.5, 0.6) is 11.5 Å². The normalized spacial score (nSPS) is 13.6. The Morgan fingerprint density at radius 2 is 1.09 bits per heavy atom. The van der Waals surface area contributed by atoms with Gasteiger partial charge in [0.2, 0.25) is 0 Å². The molecule has 1 aliphatic rings. The molecule has 2 aromatic heterocycles. The smallest absolute Gasteiger partial charge is 0.135 e. The zero-order valence-electron chi connectivity index (χ0n) is 42.7. The Kier molecular flexibility index (Phi) is 12.5. The summed E-state index contributed by atoms with van der Waals surface area (Å²) in [6.07, 6.45) is 1.91. The first-order chi connectivity index (χ1) is 31.3. The van der Waals surface area contributed by atoms with Crippen molar-refractivity contribution in [2.75, 3.05) is 9.80 Å². The second-order valence-electron chi connectivity index (χ2n) is 23.7. The van der Waals surface area contributed by atoms with Crippen LogP contribution in [0.2, 0.25) is 0 Å². The molecule has 8 aromatic rings. The van der Waals surface area contributed by atoms with Gasteiger partial charge in [-0.3, -0.25) is 0 Å². The molecule has 0 saturated heterocycles. The van der Waals surface area contributed by atoms with Crippen LogP contribution in [0.25, 0.3) is 38.8 Å². The minimum atomic E-state index is -0.181. The summed E-state index contributed by atoms with van der Waals surface area (Å²) in [5.41, 5.74) is 14.6. The van der Waals surface area contributed by atoms with Crippen LogP contribution in [0.3, 0.4) is 0 Å². The number of ether oxygens (including phenoxy) is 1. The molecule has 0 amide bonds. The molecule has 3 heterocycles. The van der Waals surface area contributed by atoms with Crippen LogP contribution in [-0.2, 0) is 48.1 Å². The molecule has 0 radical (unpaired) electrons. The van der Waals surface area contributed by atoms with E-state index < -0.39 is 0 Å². The molecule has 354 valence electrons. The van der Waals surface area contributed by atoms with E-state index in [1.165, 1.54) is 33.4 Å². The van der Waals surface area contributed by atoms with Crippen molar-refractivity contribution in [2.45, 2.75) is 131 Å². The second kappa shape index (κ2) is 17.4. The molecule has 0 atom stereocenters. The summed E-state index contributed by atoms with van der Waals surface area (Å²) in [6, 6.07) is 52.0. The molecule has 6 heteroatoms. The maximum Gasteiger partial charge on any atom is 0.135 e. The number of fused-ring (bicyclic) bond motifs is 4. The van der Waals surface area contributed by atoms with E-state index in [0.29, 0.717) is 11.5 Å². The average Bonchev–Trinajstić information content (AvgIpc) is 3.80. The third-order valence-corrected chi connectivity index (χ3v) is 13.3. The van der Waals surface area contributed by atoms with Crippen LogP contribution in [0.15, 0.2) is 128 Å². The summed E-state index contributed by atoms with van der Waals surface area (Å²) in [4.78, 5) is 9.55. The number of pyridine rings is 1. The van der Waals surface area contributed by atoms with Crippen LogP contribution in [0.1, 0.15) is 132 Å². The monoisotopic (exact) mass is 1080 g/mol. The third kappa shape index (κ3) is 9.53. The summed E-state index contributed by atoms with van der Waals surface area (Å²) < 4.78 is 9.13. The van der Waals surface area contributed by atoms with Crippen LogP contribution < -0.4 is 14.5 Å². The number of benzene rings is 6. The van der Waals surface area contributed by atoms with Gasteiger partial charge in [0.15, 0.2) is 0 Å². The van der Waals surface area contributed by atoms with E-state index >= 15 is 0 Å². The van der Waals surface area contributed by atoms with Crippen molar-refractivity contribution in [3.8, 4) is 28.4 Å². The zero-order valence-corrected chi connectivity index (χ0v) is 45.0. The fraction of sp³-hybridized carbons (Fsp3) is 0.323. The molecule has 9 rings (SSSR count). The van der Waals surface area contributed by atoms with Gasteiger partial charge in [0.25, 0.3) is 0 Å². The molecule has 0 aliphatic carbocycles. The van der Waals surface area contributed by atoms with E-state index in [-0.39, 0.29) is 48.1 Å². The van der Waals surface area contributed by atoms with Crippen LogP contribution in [-0.4, -0.2) is 9.55 Å². The van der Waals surface area contributed by atoms with Gasteiger partial charge in [-0.25, -0.2) is 4.98 Å². The fourth-order valence-electron chi connectivity index (χ4n) is 8.98. The van der Waals surface area contributed by atoms with Gasteiger partial charge >= 0.3 is 0 Å². The molecule has 0 unspecified atom stereocenters. The topological polar surface area (TPSA) is 33.5 Å². The molecule has 0 fully saturated rings. The first kappa shape index (κ1) is 48.8. The number of aromatic nitrogens is 2. The fourth-order valence-corrected chi connectivity index (χ4v) is 8.98. The molecule has 68 heavy (non-hydrogen) atoms. The summed E-state index contributed by atoms with van der Waals surface area (Å²) >= 11 is 0. The SMILES string of the molecule is CC(C)(C)c1ccc(-c2cc(N3[CH-]N(c4[c-]c(Oc5[c-]c6c(cc5)c5ccccc5n6-c5cc(C(C)(C)C)ccn5)cc(C(C)(C)C)c4)c4cc(C(C)(C)C)ccc43)cc(C(C)(C)C)c2)cc1.[Pt]. The van der Waals surface area contributed by atoms with Crippen LogP contribution in [0.4, 0.5) is 22.7 Å².